The second-order valence-electron chi connectivity index (χ2n) is 9.44. The molecule has 210 valence electrons. The fourth-order valence-electron chi connectivity index (χ4n) is 4.17. The molecule has 2 N–H and O–H groups in total. The number of nitrogens with one attached hydrogen (secondary N) is 2. The van der Waals surface area contributed by atoms with Gasteiger partial charge in [0.1, 0.15) is 12.6 Å². The van der Waals surface area contributed by atoms with Crippen LogP contribution in [0.3, 0.4) is 0 Å². The van der Waals surface area contributed by atoms with E-state index in [0.717, 1.165) is 22.1 Å². The smallest absolute Gasteiger partial charge is 0.408 e. The van der Waals surface area contributed by atoms with Gasteiger partial charge in [-0.2, -0.15) is 0 Å². The van der Waals surface area contributed by atoms with Crippen molar-refractivity contribution >= 4 is 21.8 Å². The monoisotopic (exact) mass is 568 g/mol. The van der Waals surface area contributed by atoms with Crippen LogP contribution in [0, 0.1) is 0 Å². The molecule has 8 heteroatoms. The first-order valence-electron chi connectivity index (χ1n) is 13.2. The van der Waals surface area contributed by atoms with E-state index in [0.29, 0.717) is 6.42 Å². The average Bonchev–Trinajstić information content (AvgIpc) is 3.00. The molecule has 0 aliphatic heterocycles. The molecule has 4 aromatic rings. The summed E-state index contributed by atoms with van der Waals surface area (Å²) in [5.41, 5.74) is 2.58. The van der Waals surface area contributed by atoms with Crippen LogP contribution in [0.25, 0.3) is 0 Å². The summed E-state index contributed by atoms with van der Waals surface area (Å²) in [6.07, 6.45) is 1.31. The number of hydrogen-bond acceptors (Lipinski definition) is 5. The third-order valence-electron chi connectivity index (χ3n) is 6.29. The third kappa shape index (κ3) is 9.47. The van der Waals surface area contributed by atoms with Crippen molar-refractivity contribution in [3.05, 3.63) is 150 Å². The first-order valence-corrected chi connectivity index (χ1v) is 14.8. The van der Waals surface area contributed by atoms with Gasteiger partial charge in [0.05, 0.1) is 10.9 Å². The van der Waals surface area contributed by atoms with Gasteiger partial charge in [0.2, 0.25) is 5.91 Å². The van der Waals surface area contributed by atoms with Crippen LogP contribution in [0.2, 0.25) is 0 Å². The van der Waals surface area contributed by atoms with Crippen molar-refractivity contribution < 1.29 is 22.7 Å². The fraction of sp³-hybridized carbons (Fsp3) is 0.152. The molecule has 2 unspecified atom stereocenters. The van der Waals surface area contributed by atoms with Gasteiger partial charge < -0.3 is 15.4 Å². The Bertz CT molecular complexity index is 1530. The Labute approximate surface area is 240 Å². The topological polar surface area (TPSA) is 102 Å². The lowest BCUT2D eigenvalue weighted by Crippen LogP contribution is -2.51. The maximum atomic E-state index is 13.6. The van der Waals surface area contributed by atoms with E-state index in [9.17, 15) is 18.0 Å². The standard InChI is InChI=1S/C33H32N2O5S/c36-32(31(24-27-15-7-2-8-16-27)35-33(37)40-25-28-17-9-3-10-18-28)34-29(23-26-13-5-1-6-14-26)21-22-41(38,39)30-19-11-4-12-20-30/h1-22,29,31H,23-25H2,(H,34,36)(H,35,37). The molecular weight excluding hydrogens is 536 g/mol. The number of ether oxygens (including phenoxy) is 1. The predicted octanol–water partition coefficient (Wildman–Crippen LogP) is 5.24. The molecule has 0 saturated carbocycles. The first kappa shape index (κ1) is 29.3. The van der Waals surface area contributed by atoms with Gasteiger partial charge in [-0.05, 0) is 35.2 Å². The van der Waals surface area contributed by atoms with Crippen LogP contribution in [-0.2, 0) is 38.8 Å². The Kier molecular flexibility index (Phi) is 10.5. The SMILES string of the molecule is O=C(NC(Cc1ccccc1)C(=O)NC(C=CS(=O)(=O)c1ccccc1)Cc1ccccc1)OCc1ccccc1. The molecule has 0 bridgehead atoms. The van der Waals surface area contributed by atoms with Crippen molar-refractivity contribution in [2.75, 3.05) is 0 Å². The number of carbonyl (C=O) groups is 2. The van der Waals surface area contributed by atoms with Crippen LogP contribution in [0.1, 0.15) is 16.7 Å². The molecule has 0 aliphatic carbocycles. The lowest BCUT2D eigenvalue weighted by atomic mass is 10.0. The fourth-order valence-corrected chi connectivity index (χ4v) is 5.26. The Balaban J connectivity index is 1.52. The molecule has 0 aromatic heterocycles. The van der Waals surface area contributed by atoms with Gasteiger partial charge in [0, 0.05) is 11.8 Å². The number of carbonyl (C=O) groups excluding carboxylic acids is 2. The number of amides is 2. The Hall–Kier alpha value is -4.69. The van der Waals surface area contributed by atoms with Crippen LogP contribution in [0.15, 0.2) is 138 Å². The molecule has 4 aromatic carbocycles. The maximum absolute atomic E-state index is 13.6. The Morgan fingerprint density at radius 2 is 1.15 bits per heavy atom. The second kappa shape index (κ2) is 14.6. The van der Waals surface area contributed by atoms with Crippen LogP contribution in [0.4, 0.5) is 4.79 Å². The van der Waals surface area contributed by atoms with E-state index in [1.165, 1.54) is 18.2 Å². The highest BCUT2D eigenvalue weighted by atomic mass is 32.2. The van der Waals surface area contributed by atoms with Gasteiger partial charge >= 0.3 is 6.09 Å². The van der Waals surface area contributed by atoms with Gasteiger partial charge in [0.15, 0.2) is 9.84 Å². The third-order valence-corrected chi connectivity index (χ3v) is 7.74. The van der Waals surface area contributed by atoms with E-state index < -0.39 is 33.9 Å². The highest BCUT2D eigenvalue weighted by Crippen LogP contribution is 2.13. The van der Waals surface area contributed by atoms with Crippen molar-refractivity contribution in [3.63, 3.8) is 0 Å². The van der Waals surface area contributed by atoms with Crippen molar-refractivity contribution in [3.8, 4) is 0 Å². The van der Waals surface area contributed by atoms with Gasteiger partial charge in [0.25, 0.3) is 0 Å². The van der Waals surface area contributed by atoms with Crippen LogP contribution >= 0.6 is 0 Å². The zero-order valence-corrected chi connectivity index (χ0v) is 23.2. The molecule has 0 radical (unpaired) electrons. The number of hydrogen-bond donors (Lipinski definition) is 2. The highest BCUT2D eigenvalue weighted by molar-refractivity contribution is 7.94. The summed E-state index contributed by atoms with van der Waals surface area (Å²) in [4.78, 5) is 26.5. The van der Waals surface area contributed by atoms with E-state index in [-0.39, 0.29) is 17.9 Å². The minimum Gasteiger partial charge on any atom is -0.445 e. The van der Waals surface area contributed by atoms with E-state index in [1.807, 2.05) is 91.0 Å². The van der Waals surface area contributed by atoms with Crippen LogP contribution < -0.4 is 10.6 Å². The first-order chi connectivity index (χ1) is 19.9. The summed E-state index contributed by atoms with van der Waals surface area (Å²) >= 11 is 0. The van der Waals surface area contributed by atoms with Gasteiger partial charge in [-0.1, -0.05) is 115 Å². The molecule has 2 amide bonds. The van der Waals surface area contributed by atoms with E-state index in [4.69, 9.17) is 4.74 Å². The molecule has 2 atom stereocenters. The van der Waals surface area contributed by atoms with Gasteiger partial charge in [-0.15, -0.1) is 0 Å². The van der Waals surface area contributed by atoms with E-state index >= 15 is 0 Å². The number of sulfone groups is 1. The molecule has 0 heterocycles. The largest absolute Gasteiger partial charge is 0.445 e. The number of rotatable bonds is 12. The predicted molar refractivity (Wildman–Crippen MR) is 159 cm³/mol. The zero-order valence-electron chi connectivity index (χ0n) is 22.4. The molecule has 0 saturated heterocycles. The average molecular weight is 569 g/mol. The van der Waals surface area contributed by atoms with Crippen LogP contribution in [-0.4, -0.2) is 32.5 Å². The van der Waals surface area contributed by atoms with Crippen molar-refractivity contribution in [1.82, 2.24) is 10.6 Å². The highest BCUT2D eigenvalue weighted by Gasteiger charge is 2.24. The molecule has 0 spiro atoms. The second-order valence-corrected chi connectivity index (χ2v) is 11.3. The van der Waals surface area contributed by atoms with Gasteiger partial charge in [-0.3, -0.25) is 4.79 Å². The Morgan fingerprint density at radius 1 is 0.659 bits per heavy atom. The van der Waals surface area contributed by atoms with Gasteiger partial charge in [-0.25, -0.2) is 13.2 Å². The molecule has 0 aliphatic rings. The lowest BCUT2D eigenvalue weighted by Gasteiger charge is -2.22. The van der Waals surface area contributed by atoms with Crippen molar-refractivity contribution in [2.24, 2.45) is 0 Å². The van der Waals surface area contributed by atoms with E-state index in [2.05, 4.69) is 10.6 Å². The molecule has 0 fully saturated rings. The zero-order chi connectivity index (χ0) is 28.9. The summed E-state index contributed by atoms with van der Waals surface area (Å²) in [5, 5.41) is 6.73. The molecule has 41 heavy (non-hydrogen) atoms. The van der Waals surface area contributed by atoms with Crippen LogP contribution in [0.5, 0.6) is 0 Å². The maximum Gasteiger partial charge on any atom is 0.408 e. The minimum atomic E-state index is -3.73. The van der Waals surface area contributed by atoms with Crippen molar-refractivity contribution in [2.45, 2.75) is 36.4 Å². The normalized spacial score (nSPS) is 12.8. The minimum absolute atomic E-state index is 0.0586. The molecule has 4 rings (SSSR count). The summed E-state index contributed by atoms with van der Waals surface area (Å²) in [5.74, 6) is -0.465. The lowest BCUT2D eigenvalue weighted by molar-refractivity contribution is -0.123. The van der Waals surface area contributed by atoms with Crippen molar-refractivity contribution in [1.29, 1.82) is 0 Å². The molecule has 7 nitrogen and oxygen atoms in total. The summed E-state index contributed by atoms with van der Waals surface area (Å²) < 4.78 is 31.2. The number of benzene rings is 4. The molecular formula is C33H32N2O5S. The number of alkyl carbamates (subject to hydrolysis) is 1. The van der Waals surface area contributed by atoms with E-state index in [1.54, 1.807) is 18.2 Å². The summed E-state index contributed by atoms with van der Waals surface area (Å²) in [6, 6.07) is 34.5. The summed E-state index contributed by atoms with van der Waals surface area (Å²) in [7, 11) is -3.73. The Morgan fingerprint density at radius 3 is 1.71 bits per heavy atom. The summed E-state index contributed by atoms with van der Waals surface area (Å²) in [6.45, 7) is 0.0586. The quantitative estimate of drug-likeness (QED) is 0.243.